The standard InChI is InChI=1S/C16H21BrFNO2/c1-16(15(20)21,13-9-8-11(17)10-14(13)18)19-12-6-4-2-3-5-7-12/h8-10,12,19H,2-7H2,1H3,(H,20,21). The first kappa shape index (κ1) is 16.4. The van der Waals surface area contributed by atoms with Crippen LogP contribution < -0.4 is 5.32 Å². The van der Waals surface area contributed by atoms with Crippen molar-refractivity contribution in [1.82, 2.24) is 5.32 Å². The summed E-state index contributed by atoms with van der Waals surface area (Å²) in [6.07, 6.45) is 6.46. The lowest BCUT2D eigenvalue weighted by Crippen LogP contribution is -2.51. The highest BCUT2D eigenvalue weighted by Crippen LogP contribution is 2.29. The SMILES string of the molecule is CC(NC1CCCCCC1)(C(=O)O)c1ccc(Br)cc1F. The first-order chi connectivity index (χ1) is 9.93. The van der Waals surface area contributed by atoms with Gasteiger partial charge >= 0.3 is 5.97 Å². The molecule has 116 valence electrons. The molecule has 1 atom stereocenters. The second-order valence-corrected chi connectivity index (χ2v) is 6.80. The van der Waals surface area contributed by atoms with Gasteiger partial charge in [-0.15, -0.1) is 0 Å². The number of nitrogens with one attached hydrogen (secondary N) is 1. The molecular weight excluding hydrogens is 337 g/mol. The molecule has 5 heteroatoms. The molecule has 0 amide bonds. The minimum atomic E-state index is -1.40. The van der Waals surface area contributed by atoms with E-state index in [0.717, 1.165) is 25.7 Å². The van der Waals surface area contributed by atoms with Gasteiger partial charge in [0.1, 0.15) is 11.4 Å². The molecule has 0 aromatic heterocycles. The summed E-state index contributed by atoms with van der Waals surface area (Å²) in [4.78, 5) is 11.8. The molecule has 1 fully saturated rings. The van der Waals surface area contributed by atoms with E-state index in [0.29, 0.717) is 4.47 Å². The van der Waals surface area contributed by atoms with Crippen LogP contribution in [0.2, 0.25) is 0 Å². The normalized spacial score (nSPS) is 19.8. The van der Waals surface area contributed by atoms with Crippen molar-refractivity contribution in [2.24, 2.45) is 0 Å². The molecular formula is C16H21BrFNO2. The van der Waals surface area contributed by atoms with Crippen molar-refractivity contribution in [3.63, 3.8) is 0 Å². The van der Waals surface area contributed by atoms with Gasteiger partial charge in [-0.25, -0.2) is 9.18 Å². The molecule has 3 nitrogen and oxygen atoms in total. The van der Waals surface area contributed by atoms with Crippen LogP contribution in [0.4, 0.5) is 4.39 Å². The van der Waals surface area contributed by atoms with E-state index in [9.17, 15) is 14.3 Å². The lowest BCUT2D eigenvalue weighted by Gasteiger charge is -2.32. The Bertz CT molecular complexity index is 515. The van der Waals surface area contributed by atoms with Gasteiger partial charge in [-0.1, -0.05) is 47.7 Å². The molecule has 0 bridgehead atoms. The monoisotopic (exact) mass is 357 g/mol. The number of carboxylic acid groups (broad SMARTS) is 1. The van der Waals surface area contributed by atoms with Gasteiger partial charge in [-0.2, -0.15) is 0 Å². The Labute approximate surface area is 133 Å². The van der Waals surface area contributed by atoms with Gasteiger partial charge in [0.05, 0.1) is 0 Å². The van der Waals surface area contributed by atoms with E-state index < -0.39 is 17.3 Å². The predicted molar refractivity (Wildman–Crippen MR) is 83.7 cm³/mol. The quantitative estimate of drug-likeness (QED) is 0.793. The number of aliphatic carboxylic acids is 1. The third-order valence-electron chi connectivity index (χ3n) is 4.25. The van der Waals surface area contributed by atoms with Crippen LogP contribution in [0.15, 0.2) is 22.7 Å². The zero-order valence-electron chi connectivity index (χ0n) is 12.2. The smallest absolute Gasteiger partial charge is 0.328 e. The third kappa shape index (κ3) is 3.83. The second-order valence-electron chi connectivity index (χ2n) is 5.89. The third-order valence-corrected chi connectivity index (χ3v) is 4.74. The topological polar surface area (TPSA) is 49.3 Å². The van der Waals surface area contributed by atoms with Crippen LogP contribution in [0.3, 0.4) is 0 Å². The van der Waals surface area contributed by atoms with Crippen molar-refractivity contribution < 1.29 is 14.3 Å². The van der Waals surface area contributed by atoms with E-state index in [-0.39, 0.29) is 11.6 Å². The van der Waals surface area contributed by atoms with Crippen molar-refractivity contribution in [2.45, 2.75) is 57.0 Å². The van der Waals surface area contributed by atoms with E-state index in [1.165, 1.54) is 25.0 Å². The fourth-order valence-electron chi connectivity index (χ4n) is 2.98. The van der Waals surface area contributed by atoms with Crippen LogP contribution in [0.5, 0.6) is 0 Å². The molecule has 1 saturated carbocycles. The molecule has 1 aliphatic carbocycles. The number of hydrogen-bond acceptors (Lipinski definition) is 2. The summed E-state index contributed by atoms with van der Waals surface area (Å²) in [7, 11) is 0. The average Bonchev–Trinajstić information content (AvgIpc) is 2.66. The van der Waals surface area contributed by atoms with Crippen molar-refractivity contribution in [2.75, 3.05) is 0 Å². The summed E-state index contributed by atoms with van der Waals surface area (Å²) in [5.41, 5.74) is -1.22. The zero-order valence-corrected chi connectivity index (χ0v) is 13.7. The van der Waals surface area contributed by atoms with E-state index >= 15 is 0 Å². The summed E-state index contributed by atoms with van der Waals surface area (Å²) < 4.78 is 14.8. The Morgan fingerprint density at radius 3 is 2.48 bits per heavy atom. The molecule has 2 N–H and O–H groups in total. The van der Waals surface area contributed by atoms with Crippen LogP contribution in [-0.2, 0) is 10.3 Å². The number of halogens is 2. The largest absolute Gasteiger partial charge is 0.480 e. The molecule has 1 aromatic carbocycles. The zero-order chi connectivity index (χ0) is 15.5. The Morgan fingerprint density at radius 2 is 1.95 bits per heavy atom. The highest BCUT2D eigenvalue weighted by atomic mass is 79.9. The highest BCUT2D eigenvalue weighted by Gasteiger charge is 2.39. The number of rotatable bonds is 4. The molecule has 0 radical (unpaired) electrons. The van der Waals surface area contributed by atoms with E-state index in [1.54, 1.807) is 13.0 Å². The van der Waals surface area contributed by atoms with Crippen molar-refractivity contribution in [3.8, 4) is 0 Å². The lowest BCUT2D eigenvalue weighted by molar-refractivity contribution is -0.145. The Balaban J connectivity index is 2.28. The van der Waals surface area contributed by atoms with E-state index in [2.05, 4.69) is 21.2 Å². The van der Waals surface area contributed by atoms with Crippen LogP contribution >= 0.6 is 15.9 Å². The number of hydrogen-bond donors (Lipinski definition) is 2. The fourth-order valence-corrected chi connectivity index (χ4v) is 3.31. The first-order valence-corrected chi connectivity index (χ1v) is 8.19. The van der Waals surface area contributed by atoms with Crippen molar-refractivity contribution in [1.29, 1.82) is 0 Å². The van der Waals surface area contributed by atoms with Crippen LogP contribution in [0, 0.1) is 5.82 Å². The predicted octanol–water partition coefficient (Wildman–Crippen LogP) is 4.20. The minimum Gasteiger partial charge on any atom is -0.480 e. The maximum atomic E-state index is 14.2. The molecule has 21 heavy (non-hydrogen) atoms. The van der Waals surface area contributed by atoms with Crippen molar-refractivity contribution in [3.05, 3.63) is 34.1 Å². The number of carbonyl (C=O) groups is 1. The Morgan fingerprint density at radius 1 is 1.33 bits per heavy atom. The van der Waals surface area contributed by atoms with Crippen LogP contribution in [0.25, 0.3) is 0 Å². The molecule has 2 rings (SSSR count). The van der Waals surface area contributed by atoms with Crippen LogP contribution in [-0.4, -0.2) is 17.1 Å². The summed E-state index contributed by atoms with van der Waals surface area (Å²) in [6, 6.07) is 4.65. The van der Waals surface area contributed by atoms with Gasteiger partial charge in [0, 0.05) is 16.1 Å². The average molecular weight is 358 g/mol. The van der Waals surface area contributed by atoms with Crippen LogP contribution in [0.1, 0.15) is 51.0 Å². The molecule has 1 aromatic rings. The molecule has 1 aliphatic rings. The van der Waals surface area contributed by atoms with E-state index in [4.69, 9.17) is 0 Å². The number of carboxylic acids is 1. The summed E-state index contributed by atoms with van der Waals surface area (Å²) >= 11 is 3.20. The van der Waals surface area contributed by atoms with Gasteiger partial charge in [-0.05, 0) is 31.9 Å². The van der Waals surface area contributed by atoms with Gasteiger partial charge in [-0.3, -0.25) is 5.32 Å². The van der Waals surface area contributed by atoms with Gasteiger partial charge in [0.25, 0.3) is 0 Å². The van der Waals surface area contributed by atoms with Gasteiger partial charge < -0.3 is 5.11 Å². The maximum Gasteiger partial charge on any atom is 0.328 e. The van der Waals surface area contributed by atoms with Gasteiger partial charge in [0.15, 0.2) is 0 Å². The maximum absolute atomic E-state index is 14.2. The van der Waals surface area contributed by atoms with Crippen molar-refractivity contribution >= 4 is 21.9 Å². The summed E-state index contributed by atoms with van der Waals surface area (Å²) in [6.45, 7) is 1.55. The summed E-state index contributed by atoms with van der Waals surface area (Å²) in [5, 5.41) is 12.8. The highest BCUT2D eigenvalue weighted by molar-refractivity contribution is 9.10. The second kappa shape index (κ2) is 6.88. The number of benzene rings is 1. The summed E-state index contributed by atoms with van der Waals surface area (Å²) in [5.74, 6) is -1.55. The minimum absolute atomic E-state index is 0.122. The molecule has 0 heterocycles. The molecule has 0 saturated heterocycles. The Kier molecular flexibility index (Phi) is 5.38. The lowest BCUT2D eigenvalue weighted by atomic mass is 9.89. The Hall–Kier alpha value is -0.940. The molecule has 0 spiro atoms. The first-order valence-electron chi connectivity index (χ1n) is 7.40. The molecule has 0 aliphatic heterocycles. The fraction of sp³-hybridized carbons (Fsp3) is 0.562. The van der Waals surface area contributed by atoms with Gasteiger partial charge in [0.2, 0.25) is 0 Å². The van der Waals surface area contributed by atoms with E-state index in [1.807, 2.05) is 0 Å². The molecule has 1 unspecified atom stereocenters.